The van der Waals surface area contributed by atoms with Gasteiger partial charge in [-0.1, -0.05) is 55.8 Å². The van der Waals surface area contributed by atoms with Crippen molar-refractivity contribution in [1.29, 1.82) is 0 Å². The van der Waals surface area contributed by atoms with Crippen molar-refractivity contribution >= 4 is 41.2 Å². The molecule has 39 heavy (non-hydrogen) atoms. The standard InChI is InChI=1S/C29H31ClN4O5/c1-4-38-25-16-20(14-15-24(25)39-18-26(35)32-21-10-6-5-7-11-21)17-31-34-29(37)27(19(2)3)33-28(36)22-12-8-9-13-23(22)30/h5-17,19,27H,4,18H2,1-3H3,(H,32,35)(H,33,36)(H,34,37). The smallest absolute Gasteiger partial charge is 0.262 e. The summed E-state index contributed by atoms with van der Waals surface area (Å²) in [6, 6.07) is 19.9. The quantitative estimate of drug-likeness (QED) is 0.224. The van der Waals surface area contributed by atoms with Crippen molar-refractivity contribution in [1.82, 2.24) is 10.7 Å². The molecule has 10 heteroatoms. The average Bonchev–Trinajstić information content (AvgIpc) is 2.92. The lowest BCUT2D eigenvalue weighted by atomic mass is 10.0. The molecule has 0 radical (unpaired) electrons. The summed E-state index contributed by atoms with van der Waals surface area (Å²) in [4.78, 5) is 37.6. The lowest BCUT2D eigenvalue weighted by Gasteiger charge is -2.20. The van der Waals surface area contributed by atoms with Gasteiger partial charge in [0.15, 0.2) is 18.1 Å². The normalized spacial score (nSPS) is 11.6. The highest BCUT2D eigenvalue weighted by Crippen LogP contribution is 2.28. The van der Waals surface area contributed by atoms with Gasteiger partial charge in [0, 0.05) is 5.69 Å². The highest BCUT2D eigenvalue weighted by molar-refractivity contribution is 6.33. The third-order valence-corrected chi connectivity index (χ3v) is 5.76. The first-order valence-electron chi connectivity index (χ1n) is 12.4. The first-order chi connectivity index (χ1) is 18.8. The number of nitrogens with zero attached hydrogens (tertiary/aromatic N) is 1. The van der Waals surface area contributed by atoms with Crippen LogP contribution >= 0.6 is 11.6 Å². The number of ether oxygens (including phenoxy) is 2. The van der Waals surface area contributed by atoms with Crippen LogP contribution in [-0.4, -0.2) is 43.2 Å². The van der Waals surface area contributed by atoms with Crippen molar-refractivity contribution in [2.24, 2.45) is 11.0 Å². The number of carbonyl (C=O) groups excluding carboxylic acids is 3. The Kier molecular flexibility index (Phi) is 10.9. The van der Waals surface area contributed by atoms with Gasteiger partial charge in [-0.25, -0.2) is 5.43 Å². The van der Waals surface area contributed by atoms with Crippen LogP contribution in [0.15, 0.2) is 77.9 Å². The van der Waals surface area contributed by atoms with Crippen molar-refractivity contribution in [3.63, 3.8) is 0 Å². The summed E-state index contributed by atoms with van der Waals surface area (Å²) < 4.78 is 11.3. The number of amides is 3. The maximum Gasteiger partial charge on any atom is 0.262 e. The van der Waals surface area contributed by atoms with Gasteiger partial charge in [0.25, 0.3) is 17.7 Å². The third kappa shape index (κ3) is 8.86. The Morgan fingerprint density at radius 1 is 0.949 bits per heavy atom. The van der Waals surface area contributed by atoms with Crippen LogP contribution < -0.4 is 25.5 Å². The Bertz CT molecular complexity index is 1310. The SMILES string of the molecule is CCOc1cc(C=NNC(=O)C(NC(=O)c2ccccc2Cl)C(C)C)ccc1OCC(=O)Nc1ccccc1. The average molecular weight is 551 g/mol. The monoisotopic (exact) mass is 550 g/mol. The zero-order valence-corrected chi connectivity index (χ0v) is 22.7. The van der Waals surface area contributed by atoms with E-state index in [0.717, 1.165) is 0 Å². The largest absolute Gasteiger partial charge is 0.490 e. The van der Waals surface area contributed by atoms with E-state index in [1.54, 1.807) is 54.6 Å². The molecule has 3 aromatic rings. The molecule has 0 aliphatic heterocycles. The molecule has 0 fully saturated rings. The van der Waals surface area contributed by atoms with Crippen LogP contribution in [0.2, 0.25) is 5.02 Å². The zero-order chi connectivity index (χ0) is 28.2. The van der Waals surface area contributed by atoms with E-state index in [-0.39, 0.29) is 24.0 Å². The molecule has 0 spiro atoms. The van der Waals surface area contributed by atoms with Gasteiger partial charge in [0.05, 0.1) is 23.4 Å². The van der Waals surface area contributed by atoms with E-state index in [2.05, 4.69) is 21.2 Å². The molecule has 3 N–H and O–H groups in total. The van der Waals surface area contributed by atoms with E-state index < -0.39 is 17.9 Å². The lowest BCUT2D eigenvalue weighted by molar-refractivity contribution is -0.124. The number of para-hydroxylation sites is 1. The number of anilines is 1. The van der Waals surface area contributed by atoms with Crippen LogP contribution in [0.3, 0.4) is 0 Å². The fraction of sp³-hybridized carbons (Fsp3) is 0.241. The van der Waals surface area contributed by atoms with E-state index in [0.29, 0.717) is 34.4 Å². The zero-order valence-electron chi connectivity index (χ0n) is 21.9. The van der Waals surface area contributed by atoms with E-state index in [4.69, 9.17) is 21.1 Å². The molecule has 3 aromatic carbocycles. The van der Waals surface area contributed by atoms with Crippen LogP contribution in [0.4, 0.5) is 5.69 Å². The van der Waals surface area contributed by atoms with E-state index in [1.165, 1.54) is 6.21 Å². The molecule has 0 bridgehead atoms. The second-order valence-electron chi connectivity index (χ2n) is 8.75. The Balaban J connectivity index is 1.60. The fourth-order valence-electron chi connectivity index (χ4n) is 3.49. The summed E-state index contributed by atoms with van der Waals surface area (Å²) in [5.74, 6) is -0.621. The first-order valence-corrected chi connectivity index (χ1v) is 12.8. The summed E-state index contributed by atoms with van der Waals surface area (Å²) in [7, 11) is 0. The number of rotatable bonds is 12. The summed E-state index contributed by atoms with van der Waals surface area (Å²) in [5, 5.41) is 9.80. The number of hydrogen-bond acceptors (Lipinski definition) is 6. The first kappa shape index (κ1) is 29.2. The fourth-order valence-corrected chi connectivity index (χ4v) is 3.72. The highest BCUT2D eigenvalue weighted by atomic mass is 35.5. The van der Waals surface area contributed by atoms with E-state index in [9.17, 15) is 14.4 Å². The molecule has 0 aromatic heterocycles. The summed E-state index contributed by atoms with van der Waals surface area (Å²) in [6.45, 7) is 5.64. The molecular weight excluding hydrogens is 520 g/mol. The van der Waals surface area contributed by atoms with Gasteiger partial charge >= 0.3 is 0 Å². The number of carbonyl (C=O) groups is 3. The molecule has 1 atom stereocenters. The summed E-state index contributed by atoms with van der Waals surface area (Å²) in [5.41, 5.74) is 4.05. The minimum absolute atomic E-state index is 0.199. The Morgan fingerprint density at radius 3 is 2.36 bits per heavy atom. The topological polar surface area (TPSA) is 118 Å². The second-order valence-corrected chi connectivity index (χ2v) is 9.16. The summed E-state index contributed by atoms with van der Waals surface area (Å²) >= 11 is 6.10. The van der Waals surface area contributed by atoms with Crippen molar-refractivity contribution in [2.75, 3.05) is 18.5 Å². The molecule has 1 unspecified atom stereocenters. The minimum atomic E-state index is -0.831. The van der Waals surface area contributed by atoms with Gasteiger partial charge in [0.1, 0.15) is 6.04 Å². The second kappa shape index (κ2) is 14.5. The molecular formula is C29H31ClN4O5. The molecule has 0 saturated carbocycles. The van der Waals surface area contributed by atoms with Gasteiger partial charge in [-0.05, 0) is 60.9 Å². The van der Waals surface area contributed by atoms with Crippen LogP contribution in [0.1, 0.15) is 36.7 Å². The molecule has 9 nitrogen and oxygen atoms in total. The number of hydrogen-bond donors (Lipinski definition) is 3. The Morgan fingerprint density at radius 2 is 1.67 bits per heavy atom. The van der Waals surface area contributed by atoms with Crippen molar-refractivity contribution in [2.45, 2.75) is 26.8 Å². The molecule has 3 rings (SSSR count). The molecule has 0 saturated heterocycles. The van der Waals surface area contributed by atoms with Gasteiger partial charge in [0.2, 0.25) is 0 Å². The number of hydrazone groups is 1. The van der Waals surface area contributed by atoms with Crippen LogP contribution in [0.5, 0.6) is 11.5 Å². The lowest BCUT2D eigenvalue weighted by Crippen LogP contribution is -2.48. The Labute approximate surface area is 232 Å². The van der Waals surface area contributed by atoms with Crippen LogP contribution in [-0.2, 0) is 9.59 Å². The number of benzene rings is 3. The molecule has 3 amide bonds. The van der Waals surface area contributed by atoms with Crippen molar-refractivity contribution in [3.05, 3.63) is 88.9 Å². The van der Waals surface area contributed by atoms with Crippen molar-refractivity contribution in [3.8, 4) is 11.5 Å². The highest BCUT2D eigenvalue weighted by Gasteiger charge is 2.25. The maximum atomic E-state index is 12.8. The maximum absolute atomic E-state index is 12.8. The minimum Gasteiger partial charge on any atom is -0.490 e. The third-order valence-electron chi connectivity index (χ3n) is 5.43. The van der Waals surface area contributed by atoms with Gasteiger partial charge in [-0.3, -0.25) is 14.4 Å². The van der Waals surface area contributed by atoms with E-state index >= 15 is 0 Å². The van der Waals surface area contributed by atoms with Gasteiger partial charge in [-0.2, -0.15) is 5.10 Å². The molecule has 204 valence electrons. The molecule has 0 aliphatic rings. The predicted octanol–water partition coefficient (Wildman–Crippen LogP) is 4.66. The van der Waals surface area contributed by atoms with Gasteiger partial charge < -0.3 is 20.1 Å². The number of nitrogens with one attached hydrogen (secondary N) is 3. The molecule has 0 aliphatic carbocycles. The van der Waals surface area contributed by atoms with E-state index in [1.807, 2.05) is 39.0 Å². The predicted molar refractivity (Wildman–Crippen MR) is 151 cm³/mol. The van der Waals surface area contributed by atoms with Gasteiger partial charge in [-0.15, -0.1) is 0 Å². The van der Waals surface area contributed by atoms with Crippen molar-refractivity contribution < 1.29 is 23.9 Å². The number of halogens is 1. The summed E-state index contributed by atoms with van der Waals surface area (Å²) in [6.07, 6.45) is 1.44. The van der Waals surface area contributed by atoms with Crippen LogP contribution in [0.25, 0.3) is 0 Å². The van der Waals surface area contributed by atoms with Crippen LogP contribution in [0, 0.1) is 5.92 Å². The molecule has 0 heterocycles. The Hall–Kier alpha value is -4.37.